The molecule has 1 aromatic heterocycles. The zero-order chi connectivity index (χ0) is 20.7. The molecule has 0 radical (unpaired) electrons. The third kappa shape index (κ3) is 3.19. The van der Waals surface area contributed by atoms with Crippen LogP contribution in [-0.2, 0) is 0 Å². The van der Waals surface area contributed by atoms with Gasteiger partial charge in [-0.2, -0.15) is 5.26 Å². The summed E-state index contributed by atoms with van der Waals surface area (Å²) in [4.78, 5) is 0. The summed E-state index contributed by atoms with van der Waals surface area (Å²) in [6.07, 6.45) is 0. The van der Waals surface area contributed by atoms with Crippen molar-refractivity contribution in [2.75, 3.05) is 11.1 Å². The van der Waals surface area contributed by atoms with Crippen LogP contribution in [0.4, 0.5) is 17.1 Å². The fourth-order valence-electron chi connectivity index (χ4n) is 3.91. The number of para-hydroxylation sites is 1. The average molecular weight is 383 g/mol. The van der Waals surface area contributed by atoms with Gasteiger partial charge >= 0.3 is 0 Å². The molecular weight excluding hydrogens is 358 g/mol. The number of nitrogens with two attached hydrogens (primary N) is 1. The SMILES string of the molecule is CC(C)c1cccc(C(C)C)c1Nc1c(N)ccc2oc3cc(C#N)ccc3c12. The summed E-state index contributed by atoms with van der Waals surface area (Å²) < 4.78 is 6.04. The summed E-state index contributed by atoms with van der Waals surface area (Å²) in [6.45, 7) is 8.80. The van der Waals surface area contributed by atoms with Crippen LogP contribution in [-0.4, -0.2) is 0 Å². The summed E-state index contributed by atoms with van der Waals surface area (Å²) in [5.41, 5.74) is 13.6. The number of nitriles is 1. The van der Waals surface area contributed by atoms with E-state index in [1.54, 1.807) is 6.07 Å². The molecule has 1 heterocycles. The second-order valence-electron chi connectivity index (χ2n) is 8.07. The van der Waals surface area contributed by atoms with Crippen molar-refractivity contribution < 1.29 is 4.42 Å². The number of hydrogen-bond donors (Lipinski definition) is 2. The lowest BCUT2D eigenvalue weighted by Crippen LogP contribution is -2.05. The van der Waals surface area contributed by atoms with E-state index in [9.17, 15) is 5.26 Å². The third-order valence-corrected chi connectivity index (χ3v) is 5.42. The molecule has 0 bridgehead atoms. The van der Waals surface area contributed by atoms with Crippen molar-refractivity contribution in [3.8, 4) is 6.07 Å². The first-order valence-electron chi connectivity index (χ1n) is 9.95. The number of rotatable bonds is 4. The minimum Gasteiger partial charge on any atom is -0.456 e. The Morgan fingerprint density at radius 2 is 1.59 bits per heavy atom. The largest absolute Gasteiger partial charge is 0.456 e. The van der Waals surface area contributed by atoms with Gasteiger partial charge in [-0.1, -0.05) is 45.9 Å². The molecule has 0 aliphatic carbocycles. The van der Waals surface area contributed by atoms with Crippen molar-refractivity contribution in [1.82, 2.24) is 0 Å². The average Bonchev–Trinajstić information content (AvgIpc) is 3.07. The first-order valence-corrected chi connectivity index (χ1v) is 9.95. The Morgan fingerprint density at radius 1 is 0.897 bits per heavy atom. The number of nitrogens with zero attached hydrogens (tertiary/aromatic N) is 1. The normalized spacial score (nSPS) is 11.5. The van der Waals surface area contributed by atoms with Gasteiger partial charge < -0.3 is 15.5 Å². The van der Waals surface area contributed by atoms with E-state index in [0.29, 0.717) is 28.7 Å². The Labute approximate surface area is 170 Å². The topological polar surface area (TPSA) is 75.0 Å². The summed E-state index contributed by atoms with van der Waals surface area (Å²) in [7, 11) is 0. The molecular formula is C25H25N3O. The van der Waals surface area contributed by atoms with Gasteiger partial charge in [0.25, 0.3) is 0 Å². The molecule has 0 aliphatic heterocycles. The Balaban J connectivity index is 1.99. The highest BCUT2D eigenvalue weighted by Crippen LogP contribution is 2.42. The van der Waals surface area contributed by atoms with Gasteiger partial charge in [-0.3, -0.25) is 0 Å². The quantitative estimate of drug-likeness (QED) is 0.371. The molecule has 3 aromatic carbocycles. The molecule has 0 spiro atoms. The number of furan rings is 1. The highest BCUT2D eigenvalue weighted by atomic mass is 16.3. The van der Waals surface area contributed by atoms with Gasteiger partial charge in [0.15, 0.2) is 0 Å². The van der Waals surface area contributed by atoms with Crippen molar-refractivity contribution in [2.45, 2.75) is 39.5 Å². The predicted octanol–water partition coefficient (Wildman–Crippen LogP) is 7.03. The lowest BCUT2D eigenvalue weighted by atomic mass is 9.92. The summed E-state index contributed by atoms with van der Waals surface area (Å²) in [6, 6.07) is 17.9. The van der Waals surface area contributed by atoms with Crippen LogP contribution in [0.5, 0.6) is 0 Å². The molecule has 29 heavy (non-hydrogen) atoms. The van der Waals surface area contributed by atoms with Crippen LogP contribution in [0.25, 0.3) is 21.9 Å². The maximum Gasteiger partial charge on any atom is 0.137 e. The molecule has 0 fully saturated rings. The Bertz CT molecular complexity index is 1230. The maximum absolute atomic E-state index is 9.21. The van der Waals surface area contributed by atoms with Crippen LogP contribution in [0, 0.1) is 11.3 Å². The number of nitrogen functional groups attached to an aromatic ring is 1. The van der Waals surface area contributed by atoms with E-state index >= 15 is 0 Å². The summed E-state index contributed by atoms with van der Waals surface area (Å²) >= 11 is 0. The van der Waals surface area contributed by atoms with Crippen LogP contribution >= 0.6 is 0 Å². The van der Waals surface area contributed by atoms with E-state index in [2.05, 4.69) is 57.3 Å². The third-order valence-electron chi connectivity index (χ3n) is 5.42. The smallest absolute Gasteiger partial charge is 0.137 e. The summed E-state index contributed by atoms with van der Waals surface area (Å²) in [5, 5.41) is 14.8. The lowest BCUT2D eigenvalue weighted by molar-refractivity contribution is 0.669. The van der Waals surface area contributed by atoms with E-state index in [-0.39, 0.29) is 0 Å². The second kappa shape index (κ2) is 7.18. The first-order chi connectivity index (χ1) is 13.9. The molecule has 4 rings (SSSR count). The van der Waals surface area contributed by atoms with Crippen LogP contribution < -0.4 is 11.1 Å². The molecule has 4 nitrogen and oxygen atoms in total. The minimum atomic E-state index is 0.371. The fraction of sp³-hybridized carbons (Fsp3) is 0.240. The highest BCUT2D eigenvalue weighted by molar-refractivity contribution is 6.15. The number of hydrogen-bond acceptors (Lipinski definition) is 4. The van der Waals surface area contributed by atoms with E-state index in [1.807, 2.05) is 24.3 Å². The zero-order valence-corrected chi connectivity index (χ0v) is 17.2. The van der Waals surface area contributed by atoms with Crippen LogP contribution in [0.15, 0.2) is 52.9 Å². The monoisotopic (exact) mass is 383 g/mol. The number of nitrogens with one attached hydrogen (secondary N) is 1. The van der Waals surface area contributed by atoms with Gasteiger partial charge in [0.2, 0.25) is 0 Å². The molecule has 0 amide bonds. The van der Waals surface area contributed by atoms with Crippen molar-refractivity contribution in [3.63, 3.8) is 0 Å². The van der Waals surface area contributed by atoms with Gasteiger partial charge in [-0.05, 0) is 53.3 Å². The molecule has 4 aromatic rings. The molecule has 0 saturated heterocycles. The van der Waals surface area contributed by atoms with Crippen LogP contribution in [0.2, 0.25) is 0 Å². The van der Waals surface area contributed by atoms with Gasteiger partial charge in [0.1, 0.15) is 11.2 Å². The van der Waals surface area contributed by atoms with E-state index in [0.717, 1.165) is 27.7 Å². The maximum atomic E-state index is 9.21. The Kier molecular flexibility index (Phi) is 4.68. The molecule has 0 saturated carbocycles. The first kappa shape index (κ1) is 18.9. The molecule has 0 atom stereocenters. The summed E-state index contributed by atoms with van der Waals surface area (Å²) in [5.74, 6) is 0.742. The van der Waals surface area contributed by atoms with E-state index in [4.69, 9.17) is 10.2 Å². The fourth-order valence-corrected chi connectivity index (χ4v) is 3.91. The van der Waals surface area contributed by atoms with E-state index in [1.165, 1.54) is 11.1 Å². The predicted molar refractivity (Wildman–Crippen MR) is 121 cm³/mol. The van der Waals surface area contributed by atoms with Crippen molar-refractivity contribution >= 4 is 39.0 Å². The Morgan fingerprint density at radius 3 is 2.21 bits per heavy atom. The number of benzene rings is 3. The van der Waals surface area contributed by atoms with Gasteiger partial charge in [-0.15, -0.1) is 0 Å². The van der Waals surface area contributed by atoms with Gasteiger partial charge in [0, 0.05) is 11.1 Å². The zero-order valence-electron chi connectivity index (χ0n) is 17.2. The molecule has 146 valence electrons. The minimum absolute atomic E-state index is 0.371. The van der Waals surface area contributed by atoms with Gasteiger partial charge in [0.05, 0.1) is 28.4 Å². The Hall–Kier alpha value is -3.45. The lowest BCUT2D eigenvalue weighted by Gasteiger charge is -2.22. The van der Waals surface area contributed by atoms with E-state index < -0.39 is 0 Å². The second-order valence-corrected chi connectivity index (χ2v) is 8.07. The van der Waals surface area contributed by atoms with Crippen molar-refractivity contribution in [1.29, 1.82) is 5.26 Å². The van der Waals surface area contributed by atoms with Crippen molar-refractivity contribution in [2.24, 2.45) is 0 Å². The van der Waals surface area contributed by atoms with Crippen LogP contribution in [0.3, 0.4) is 0 Å². The highest BCUT2D eigenvalue weighted by Gasteiger charge is 2.19. The molecule has 4 heteroatoms. The van der Waals surface area contributed by atoms with Crippen molar-refractivity contribution in [3.05, 3.63) is 65.2 Å². The van der Waals surface area contributed by atoms with Gasteiger partial charge in [-0.25, -0.2) is 0 Å². The molecule has 0 aliphatic rings. The molecule has 0 unspecified atom stereocenters. The van der Waals surface area contributed by atoms with Crippen LogP contribution in [0.1, 0.15) is 56.2 Å². The standard InChI is InChI=1S/C25H25N3O/c1-14(2)17-6-5-7-18(15(3)4)24(17)28-25-20(27)10-11-21-23(25)19-9-8-16(13-26)12-22(19)29-21/h5-12,14-15,28H,27H2,1-4H3. The number of anilines is 3. The number of fused-ring (bicyclic) bond motifs is 3. The molecule has 3 N–H and O–H groups in total.